The maximum atomic E-state index is 12.1. The van der Waals surface area contributed by atoms with Crippen molar-refractivity contribution in [1.29, 1.82) is 0 Å². The zero-order valence-electron chi connectivity index (χ0n) is 20.3. The van der Waals surface area contributed by atoms with Crippen molar-refractivity contribution in [2.75, 3.05) is 0 Å². The van der Waals surface area contributed by atoms with Gasteiger partial charge in [0.25, 0.3) is 0 Å². The molecule has 34 heavy (non-hydrogen) atoms. The number of amides is 1. The standard InChI is InChI=1S/C30H38N2O2/c1-22-7-6-10-23(17-22)8-2-4-11-27-28-19-25(18-26(28)20-29(27)33)9-3-5-12-30(34)32-21-24-13-15-31-16-14-24/h4,6-7,10-11,13-18,26-29,33H,2-3,5,8-9,12,19-21H2,1H3,(H,32,34)/b11-4+/t26-,27+,28-,29+/m0/s1. The molecule has 2 aliphatic rings. The molecule has 4 atom stereocenters. The Hall–Kier alpha value is -2.72. The second kappa shape index (κ2) is 12.1. The summed E-state index contributed by atoms with van der Waals surface area (Å²) in [6, 6.07) is 12.6. The molecule has 2 N–H and O–H groups in total. The van der Waals surface area contributed by atoms with E-state index in [1.165, 1.54) is 16.7 Å². The van der Waals surface area contributed by atoms with Gasteiger partial charge < -0.3 is 10.4 Å². The van der Waals surface area contributed by atoms with Gasteiger partial charge in [0, 0.05) is 31.3 Å². The molecule has 0 radical (unpaired) electrons. The van der Waals surface area contributed by atoms with Gasteiger partial charge in [-0.2, -0.15) is 0 Å². The van der Waals surface area contributed by atoms with E-state index in [0.29, 0.717) is 24.8 Å². The molecule has 4 rings (SSSR count). The van der Waals surface area contributed by atoms with E-state index < -0.39 is 0 Å². The summed E-state index contributed by atoms with van der Waals surface area (Å²) in [5, 5.41) is 13.6. The number of rotatable bonds is 11. The Morgan fingerprint density at radius 1 is 1.15 bits per heavy atom. The predicted octanol–water partition coefficient (Wildman–Crippen LogP) is 5.70. The smallest absolute Gasteiger partial charge is 0.220 e. The number of fused-ring (bicyclic) bond motifs is 1. The van der Waals surface area contributed by atoms with Gasteiger partial charge in [0.05, 0.1) is 6.10 Å². The number of nitrogens with one attached hydrogen (secondary N) is 1. The Kier molecular flexibility index (Phi) is 8.70. The lowest BCUT2D eigenvalue weighted by atomic mass is 9.88. The highest BCUT2D eigenvalue weighted by Gasteiger charge is 2.43. The highest BCUT2D eigenvalue weighted by atomic mass is 16.3. The van der Waals surface area contributed by atoms with Gasteiger partial charge >= 0.3 is 0 Å². The van der Waals surface area contributed by atoms with E-state index in [1.54, 1.807) is 12.4 Å². The van der Waals surface area contributed by atoms with Gasteiger partial charge in [-0.1, -0.05) is 53.6 Å². The zero-order chi connectivity index (χ0) is 23.8. The van der Waals surface area contributed by atoms with Crippen LogP contribution >= 0.6 is 0 Å². The second-order valence-electron chi connectivity index (χ2n) is 10.0. The van der Waals surface area contributed by atoms with E-state index in [2.05, 4.69) is 59.7 Å². The molecule has 0 bridgehead atoms. The van der Waals surface area contributed by atoms with Crippen molar-refractivity contribution in [3.63, 3.8) is 0 Å². The van der Waals surface area contributed by atoms with Gasteiger partial charge in [-0.3, -0.25) is 9.78 Å². The number of unbranched alkanes of at least 4 members (excludes halogenated alkanes) is 1. The van der Waals surface area contributed by atoms with Crippen molar-refractivity contribution in [1.82, 2.24) is 10.3 Å². The normalized spacial score (nSPS) is 23.8. The number of carbonyl (C=O) groups is 1. The number of aryl methyl sites for hydroxylation is 2. The molecule has 1 saturated carbocycles. The number of carbonyl (C=O) groups excluding carboxylic acids is 1. The Bertz CT molecular complexity index is 998. The average Bonchev–Trinajstić information content (AvgIpc) is 3.35. The third-order valence-corrected chi connectivity index (χ3v) is 7.38. The van der Waals surface area contributed by atoms with Crippen molar-refractivity contribution in [3.8, 4) is 0 Å². The topological polar surface area (TPSA) is 62.2 Å². The number of nitrogens with zero attached hydrogens (tertiary/aromatic N) is 1. The van der Waals surface area contributed by atoms with Gasteiger partial charge in [0.2, 0.25) is 5.91 Å². The largest absolute Gasteiger partial charge is 0.392 e. The van der Waals surface area contributed by atoms with E-state index >= 15 is 0 Å². The predicted molar refractivity (Wildman–Crippen MR) is 137 cm³/mol. The number of hydrogen-bond acceptors (Lipinski definition) is 3. The first-order valence-electron chi connectivity index (χ1n) is 12.8. The minimum absolute atomic E-state index is 0.119. The third kappa shape index (κ3) is 6.89. The number of hydrogen-bond donors (Lipinski definition) is 2. The lowest BCUT2D eigenvalue weighted by Crippen LogP contribution is -2.22. The van der Waals surface area contributed by atoms with Crippen LogP contribution in [0.25, 0.3) is 0 Å². The maximum Gasteiger partial charge on any atom is 0.220 e. The lowest BCUT2D eigenvalue weighted by Gasteiger charge is -2.18. The van der Waals surface area contributed by atoms with E-state index in [-0.39, 0.29) is 17.9 Å². The van der Waals surface area contributed by atoms with Crippen molar-refractivity contribution in [2.24, 2.45) is 17.8 Å². The molecule has 0 saturated heterocycles. The van der Waals surface area contributed by atoms with Gasteiger partial charge in [-0.05, 0) is 87.0 Å². The minimum atomic E-state index is -0.216. The molecule has 1 fully saturated rings. The molecular weight excluding hydrogens is 420 g/mol. The number of pyridine rings is 1. The monoisotopic (exact) mass is 458 g/mol. The van der Waals surface area contributed by atoms with Gasteiger partial charge in [0.15, 0.2) is 0 Å². The maximum absolute atomic E-state index is 12.1. The number of aromatic nitrogens is 1. The molecule has 4 heteroatoms. The first-order chi connectivity index (χ1) is 16.6. The highest BCUT2D eigenvalue weighted by molar-refractivity contribution is 5.75. The van der Waals surface area contributed by atoms with Crippen LogP contribution in [0.3, 0.4) is 0 Å². The molecule has 2 aromatic rings. The summed E-state index contributed by atoms with van der Waals surface area (Å²) in [4.78, 5) is 16.1. The molecular formula is C30H38N2O2. The molecule has 1 amide bonds. The minimum Gasteiger partial charge on any atom is -0.392 e. The van der Waals surface area contributed by atoms with Crippen molar-refractivity contribution in [3.05, 3.63) is 89.3 Å². The Balaban J connectivity index is 1.14. The van der Waals surface area contributed by atoms with Crippen LogP contribution in [0.5, 0.6) is 0 Å². The van der Waals surface area contributed by atoms with Crippen LogP contribution in [-0.2, 0) is 17.8 Å². The Morgan fingerprint density at radius 2 is 2.00 bits per heavy atom. The van der Waals surface area contributed by atoms with E-state index in [9.17, 15) is 9.90 Å². The second-order valence-corrected chi connectivity index (χ2v) is 10.0. The quantitative estimate of drug-likeness (QED) is 0.335. The number of allylic oxidation sites excluding steroid dienone is 3. The van der Waals surface area contributed by atoms with E-state index in [0.717, 1.165) is 50.5 Å². The van der Waals surface area contributed by atoms with Crippen molar-refractivity contribution < 1.29 is 9.90 Å². The summed E-state index contributed by atoms with van der Waals surface area (Å²) in [5.41, 5.74) is 5.29. The highest BCUT2D eigenvalue weighted by Crippen LogP contribution is 2.48. The summed E-state index contributed by atoms with van der Waals surface area (Å²) in [6.07, 6.45) is 18.0. The first kappa shape index (κ1) is 24.4. The molecule has 4 nitrogen and oxygen atoms in total. The van der Waals surface area contributed by atoms with Crippen molar-refractivity contribution >= 4 is 5.91 Å². The Labute approximate surface area is 204 Å². The van der Waals surface area contributed by atoms with Gasteiger partial charge in [-0.25, -0.2) is 0 Å². The molecule has 180 valence electrons. The van der Waals surface area contributed by atoms with Crippen LogP contribution in [0.15, 0.2) is 72.6 Å². The van der Waals surface area contributed by atoms with E-state index in [4.69, 9.17) is 0 Å². The number of benzene rings is 1. The summed E-state index contributed by atoms with van der Waals surface area (Å²) in [7, 11) is 0. The lowest BCUT2D eigenvalue weighted by molar-refractivity contribution is -0.121. The molecule has 0 aliphatic heterocycles. The number of aliphatic hydroxyl groups is 1. The molecule has 1 aromatic carbocycles. The van der Waals surface area contributed by atoms with Gasteiger partial charge in [-0.15, -0.1) is 0 Å². The van der Waals surface area contributed by atoms with Crippen molar-refractivity contribution in [2.45, 2.75) is 70.9 Å². The average molecular weight is 459 g/mol. The summed E-state index contributed by atoms with van der Waals surface area (Å²) >= 11 is 0. The fourth-order valence-electron chi connectivity index (χ4n) is 5.59. The zero-order valence-corrected chi connectivity index (χ0v) is 20.3. The fraction of sp³-hybridized carbons (Fsp3) is 0.467. The summed E-state index contributed by atoms with van der Waals surface area (Å²) in [6.45, 7) is 2.70. The fourth-order valence-corrected chi connectivity index (χ4v) is 5.59. The molecule has 0 unspecified atom stereocenters. The molecule has 2 aliphatic carbocycles. The van der Waals surface area contributed by atoms with Crippen LogP contribution in [0, 0.1) is 24.7 Å². The van der Waals surface area contributed by atoms with Crippen LogP contribution in [-0.4, -0.2) is 22.1 Å². The third-order valence-electron chi connectivity index (χ3n) is 7.38. The van der Waals surface area contributed by atoms with Crippen LogP contribution in [0.2, 0.25) is 0 Å². The summed E-state index contributed by atoms with van der Waals surface area (Å²) in [5.74, 6) is 1.45. The van der Waals surface area contributed by atoms with Crippen LogP contribution < -0.4 is 5.32 Å². The number of aliphatic hydroxyl groups excluding tert-OH is 1. The van der Waals surface area contributed by atoms with Gasteiger partial charge in [0.1, 0.15) is 0 Å². The molecule has 1 aromatic heterocycles. The van der Waals surface area contributed by atoms with Crippen LogP contribution in [0.1, 0.15) is 61.6 Å². The Morgan fingerprint density at radius 3 is 2.82 bits per heavy atom. The molecule has 0 spiro atoms. The molecule has 1 heterocycles. The van der Waals surface area contributed by atoms with Crippen LogP contribution in [0.4, 0.5) is 0 Å². The van der Waals surface area contributed by atoms with E-state index in [1.807, 2.05) is 12.1 Å². The SMILES string of the molecule is Cc1cccc(CC/C=C/[C@@H]2[C@H]3CC(CCCCC(=O)NCc4ccncc4)=C[C@H]3C[C@H]2O)c1. The first-order valence-corrected chi connectivity index (χ1v) is 12.8. The summed E-state index contributed by atoms with van der Waals surface area (Å²) < 4.78 is 0.